The summed E-state index contributed by atoms with van der Waals surface area (Å²) in [5, 5.41) is 0.837. The third-order valence-corrected chi connectivity index (χ3v) is 4.94. The number of likely N-dealkylation sites (tertiary alicyclic amines) is 1. The predicted molar refractivity (Wildman–Crippen MR) is 101 cm³/mol. The van der Waals surface area contributed by atoms with Crippen LogP contribution in [0, 0.1) is 6.92 Å². The highest BCUT2D eigenvalue weighted by atomic mass is 16.5. The van der Waals surface area contributed by atoms with E-state index in [2.05, 4.69) is 0 Å². The lowest BCUT2D eigenvalue weighted by Gasteiger charge is -2.26. The van der Waals surface area contributed by atoms with E-state index in [1.54, 1.807) is 0 Å². The minimum Gasteiger partial charge on any atom is -0.489 e. The van der Waals surface area contributed by atoms with E-state index in [0.717, 1.165) is 48.2 Å². The lowest BCUT2D eigenvalue weighted by Crippen LogP contribution is -2.35. The van der Waals surface area contributed by atoms with Gasteiger partial charge in [-0.3, -0.25) is 4.79 Å². The third kappa shape index (κ3) is 3.32. The summed E-state index contributed by atoms with van der Waals surface area (Å²) in [6.45, 7) is 4.02. The molecule has 0 bridgehead atoms. The molecule has 2 heterocycles. The van der Waals surface area contributed by atoms with Crippen molar-refractivity contribution in [3.63, 3.8) is 0 Å². The fraction of sp³-hybridized carbons (Fsp3) is 0.318. The zero-order valence-corrected chi connectivity index (χ0v) is 15.0. The molecule has 1 saturated heterocycles. The Labute approximate surface area is 153 Å². The Morgan fingerprint density at radius 2 is 1.85 bits per heavy atom. The van der Waals surface area contributed by atoms with Crippen LogP contribution in [0.1, 0.15) is 40.9 Å². The molecule has 3 aromatic rings. The molecule has 0 atom stereocenters. The monoisotopic (exact) mass is 349 g/mol. The van der Waals surface area contributed by atoms with Crippen LogP contribution in [-0.2, 0) is 6.61 Å². The minimum atomic E-state index is 0.0705. The Morgan fingerprint density at radius 1 is 1.08 bits per heavy atom. The van der Waals surface area contributed by atoms with Gasteiger partial charge in [0.1, 0.15) is 23.7 Å². The number of carbonyl (C=O) groups excluding carboxylic acids is 1. The van der Waals surface area contributed by atoms with Crippen molar-refractivity contribution in [3.05, 3.63) is 65.4 Å². The van der Waals surface area contributed by atoms with Gasteiger partial charge in [-0.05, 0) is 49.9 Å². The van der Waals surface area contributed by atoms with Crippen molar-refractivity contribution in [2.45, 2.75) is 32.8 Å². The van der Waals surface area contributed by atoms with Crippen LogP contribution >= 0.6 is 0 Å². The first kappa shape index (κ1) is 16.7. The quantitative estimate of drug-likeness (QED) is 0.669. The molecule has 0 saturated carbocycles. The summed E-state index contributed by atoms with van der Waals surface area (Å²) in [6.07, 6.45) is 3.35. The number of hydrogen-bond donors (Lipinski definition) is 0. The van der Waals surface area contributed by atoms with Gasteiger partial charge in [0.15, 0.2) is 0 Å². The summed E-state index contributed by atoms with van der Waals surface area (Å²) in [6, 6.07) is 15.7. The standard InChI is InChI=1S/C22H23NO3/c1-16-21(22(24)23-12-6-3-7-13-23)19-14-18(10-11-20(19)26-16)25-15-17-8-4-2-5-9-17/h2,4-5,8-11,14H,3,6-7,12-13,15H2,1H3. The van der Waals surface area contributed by atoms with Crippen molar-refractivity contribution in [2.75, 3.05) is 13.1 Å². The fourth-order valence-corrected chi connectivity index (χ4v) is 3.55. The molecule has 0 spiro atoms. The van der Waals surface area contributed by atoms with Crippen LogP contribution in [0.2, 0.25) is 0 Å². The molecule has 4 nitrogen and oxygen atoms in total. The van der Waals surface area contributed by atoms with Gasteiger partial charge < -0.3 is 14.1 Å². The van der Waals surface area contributed by atoms with E-state index in [9.17, 15) is 4.79 Å². The van der Waals surface area contributed by atoms with Gasteiger partial charge in [-0.15, -0.1) is 0 Å². The van der Waals surface area contributed by atoms with Crippen molar-refractivity contribution >= 4 is 16.9 Å². The number of nitrogens with zero attached hydrogens (tertiary/aromatic N) is 1. The molecule has 1 aliphatic heterocycles. The molecule has 1 aliphatic rings. The van der Waals surface area contributed by atoms with Crippen LogP contribution in [0.3, 0.4) is 0 Å². The molecule has 4 heteroatoms. The molecule has 26 heavy (non-hydrogen) atoms. The first-order chi connectivity index (χ1) is 12.7. The first-order valence-electron chi connectivity index (χ1n) is 9.21. The van der Waals surface area contributed by atoms with Gasteiger partial charge in [0.2, 0.25) is 0 Å². The number of carbonyl (C=O) groups is 1. The van der Waals surface area contributed by atoms with E-state index in [-0.39, 0.29) is 5.91 Å². The highest BCUT2D eigenvalue weighted by molar-refractivity contribution is 6.07. The smallest absolute Gasteiger partial charge is 0.258 e. The SMILES string of the molecule is Cc1oc2ccc(OCc3ccccc3)cc2c1C(=O)N1CCCCC1. The van der Waals surface area contributed by atoms with Crippen molar-refractivity contribution in [2.24, 2.45) is 0 Å². The highest BCUT2D eigenvalue weighted by Crippen LogP contribution is 2.31. The van der Waals surface area contributed by atoms with Crippen molar-refractivity contribution in [3.8, 4) is 5.75 Å². The average Bonchev–Trinajstić information content (AvgIpc) is 3.02. The summed E-state index contributed by atoms with van der Waals surface area (Å²) in [5.41, 5.74) is 2.52. The molecule has 0 aliphatic carbocycles. The third-order valence-electron chi connectivity index (χ3n) is 4.94. The number of fused-ring (bicyclic) bond motifs is 1. The van der Waals surface area contributed by atoms with Gasteiger partial charge in [0, 0.05) is 18.5 Å². The summed E-state index contributed by atoms with van der Waals surface area (Å²) in [5.74, 6) is 1.49. The molecule has 0 N–H and O–H groups in total. The molecule has 1 fully saturated rings. The summed E-state index contributed by atoms with van der Waals surface area (Å²) in [7, 11) is 0. The molecule has 0 radical (unpaired) electrons. The summed E-state index contributed by atoms with van der Waals surface area (Å²) >= 11 is 0. The predicted octanol–water partition coefficient (Wildman–Crippen LogP) is 4.95. The Bertz CT molecular complexity index is 908. The van der Waals surface area contributed by atoms with Crippen LogP contribution in [0.25, 0.3) is 11.0 Å². The molecule has 1 aromatic heterocycles. The van der Waals surface area contributed by atoms with E-state index in [1.165, 1.54) is 6.42 Å². The number of aryl methyl sites for hydroxylation is 1. The minimum absolute atomic E-state index is 0.0705. The molecule has 2 aromatic carbocycles. The van der Waals surface area contributed by atoms with Gasteiger partial charge >= 0.3 is 0 Å². The number of benzene rings is 2. The van der Waals surface area contributed by atoms with Crippen molar-refractivity contribution in [1.29, 1.82) is 0 Å². The maximum atomic E-state index is 13.0. The number of amides is 1. The Balaban J connectivity index is 1.61. The lowest BCUT2D eigenvalue weighted by atomic mass is 10.1. The molecule has 4 rings (SSSR count). The number of rotatable bonds is 4. The first-order valence-corrected chi connectivity index (χ1v) is 9.21. The van der Waals surface area contributed by atoms with Gasteiger partial charge in [0.05, 0.1) is 5.56 Å². The second kappa shape index (κ2) is 7.24. The number of furan rings is 1. The number of hydrogen-bond acceptors (Lipinski definition) is 3. The van der Waals surface area contributed by atoms with Crippen molar-refractivity contribution in [1.82, 2.24) is 4.90 Å². The zero-order valence-electron chi connectivity index (χ0n) is 15.0. The topological polar surface area (TPSA) is 42.7 Å². The van der Waals surface area contributed by atoms with Gasteiger partial charge in [-0.1, -0.05) is 30.3 Å². The Morgan fingerprint density at radius 3 is 2.62 bits per heavy atom. The number of piperidine rings is 1. The van der Waals surface area contributed by atoms with Gasteiger partial charge in [-0.25, -0.2) is 0 Å². The molecular formula is C22H23NO3. The second-order valence-electron chi connectivity index (χ2n) is 6.82. The van der Waals surface area contributed by atoms with Crippen LogP contribution < -0.4 is 4.74 Å². The summed E-state index contributed by atoms with van der Waals surface area (Å²) < 4.78 is 11.7. The zero-order chi connectivity index (χ0) is 17.9. The van der Waals surface area contributed by atoms with E-state index < -0.39 is 0 Å². The van der Waals surface area contributed by atoms with Crippen molar-refractivity contribution < 1.29 is 13.9 Å². The van der Waals surface area contributed by atoms with Gasteiger partial charge in [-0.2, -0.15) is 0 Å². The van der Waals surface area contributed by atoms with E-state index in [4.69, 9.17) is 9.15 Å². The molecule has 134 valence electrons. The van der Waals surface area contributed by atoms with Crippen LogP contribution in [-0.4, -0.2) is 23.9 Å². The Kier molecular flexibility index (Phi) is 4.65. The van der Waals surface area contributed by atoms with Crippen LogP contribution in [0.5, 0.6) is 5.75 Å². The molecular weight excluding hydrogens is 326 g/mol. The maximum absolute atomic E-state index is 13.0. The number of ether oxygens (including phenoxy) is 1. The molecule has 0 unspecified atom stereocenters. The van der Waals surface area contributed by atoms with Crippen LogP contribution in [0.15, 0.2) is 52.9 Å². The normalized spacial score (nSPS) is 14.6. The van der Waals surface area contributed by atoms with E-state index in [1.807, 2.05) is 60.4 Å². The lowest BCUT2D eigenvalue weighted by molar-refractivity contribution is 0.0724. The second-order valence-corrected chi connectivity index (χ2v) is 6.82. The van der Waals surface area contributed by atoms with E-state index >= 15 is 0 Å². The average molecular weight is 349 g/mol. The highest BCUT2D eigenvalue weighted by Gasteiger charge is 2.24. The largest absolute Gasteiger partial charge is 0.489 e. The fourth-order valence-electron chi connectivity index (χ4n) is 3.55. The van der Waals surface area contributed by atoms with Crippen LogP contribution in [0.4, 0.5) is 0 Å². The molecule has 1 amide bonds. The van der Waals surface area contributed by atoms with E-state index in [0.29, 0.717) is 17.9 Å². The van der Waals surface area contributed by atoms with Gasteiger partial charge in [0.25, 0.3) is 5.91 Å². The summed E-state index contributed by atoms with van der Waals surface area (Å²) in [4.78, 5) is 15.0. The Hall–Kier alpha value is -2.75. The maximum Gasteiger partial charge on any atom is 0.258 e.